The molecule has 174 valence electrons. The molecule has 0 bridgehead atoms. The number of amides is 1. The van der Waals surface area contributed by atoms with Gasteiger partial charge in [0.2, 0.25) is 10.0 Å². The summed E-state index contributed by atoms with van der Waals surface area (Å²) in [6, 6.07) is 23.0. The van der Waals surface area contributed by atoms with Gasteiger partial charge < -0.3 is 14.8 Å². The zero-order chi connectivity index (χ0) is 23.9. The van der Waals surface area contributed by atoms with Crippen LogP contribution in [0.15, 0.2) is 83.8 Å². The molecule has 0 spiro atoms. The van der Waals surface area contributed by atoms with Gasteiger partial charge in [0, 0.05) is 5.54 Å². The van der Waals surface area contributed by atoms with E-state index in [0.717, 1.165) is 5.56 Å². The van der Waals surface area contributed by atoms with E-state index in [-0.39, 0.29) is 17.2 Å². The maximum absolute atomic E-state index is 12.7. The Morgan fingerprint density at radius 1 is 0.818 bits per heavy atom. The molecule has 0 aliphatic carbocycles. The number of rotatable bonds is 9. The predicted octanol–water partition coefficient (Wildman–Crippen LogP) is 4.36. The standard InChI is InChI=1S/C25H28N2O5S/c1-25(2,3)27-33(29,30)23-12-8-7-11-22(23)26-24(28)18-32-21-15-13-20(14-16-21)31-17-19-9-5-4-6-10-19/h4-16,27H,17-18H2,1-3H3,(H,26,28). The lowest BCUT2D eigenvalue weighted by Crippen LogP contribution is -2.40. The maximum atomic E-state index is 12.7. The third-order valence-electron chi connectivity index (χ3n) is 4.33. The van der Waals surface area contributed by atoms with Crippen molar-refractivity contribution in [3.05, 3.63) is 84.4 Å². The average Bonchev–Trinajstić information content (AvgIpc) is 2.76. The summed E-state index contributed by atoms with van der Waals surface area (Å²) in [5.74, 6) is 0.700. The molecule has 2 N–H and O–H groups in total. The van der Waals surface area contributed by atoms with E-state index < -0.39 is 21.5 Å². The number of hydrogen-bond acceptors (Lipinski definition) is 5. The summed E-state index contributed by atoms with van der Waals surface area (Å²) in [5.41, 5.74) is 0.595. The highest BCUT2D eigenvalue weighted by Gasteiger charge is 2.25. The smallest absolute Gasteiger partial charge is 0.262 e. The number of carbonyl (C=O) groups is 1. The zero-order valence-corrected chi connectivity index (χ0v) is 19.7. The molecule has 0 radical (unpaired) electrons. The first-order valence-electron chi connectivity index (χ1n) is 10.4. The van der Waals surface area contributed by atoms with E-state index in [1.807, 2.05) is 30.3 Å². The van der Waals surface area contributed by atoms with Crippen LogP contribution in [0.25, 0.3) is 0 Å². The average molecular weight is 469 g/mol. The summed E-state index contributed by atoms with van der Waals surface area (Å²) in [5, 5.41) is 2.61. The van der Waals surface area contributed by atoms with Crippen molar-refractivity contribution in [2.24, 2.45) is 0 Å². The van der Waals surface area contributed by atoms with Gasteiger partial charge in [0.25, 0.3) is 5.91 Å². The molecule has 0 aromatic heterocycles. The van der Waals surface area contributed by atoms with Crippen LogP contribution in [-0.4, -0.2) is 26.5 Å². The highest BCUT2D eigenvalue weighted by Crippen LogP contribution is 2.23. The highest BCUT2D eigenvalue weighted by atomic mass is 32.2. The van der Waals surface area contributed by atoms with E-state index >= 15 is 0 Å². The Labute approximate surface area is 194 Å². The van der Waals surface area contributed by atoms with Crippen molar-refractivity contribution >= 4 is 21.6 Å². The molecule has 0 heterocycles. The van der Waals surface area contributed by atoms with E-state index in [9.17, 15) is 13.2 Å². The normalized spacial score (nSPS) is 11.6. The van der Waals surface area contributed by atoms with E-state index in [0.29, 0.717) is 18.1 Å². The Morgan fingerprint density at radius 3 is 2.03 bits per heavy atom. The molecule has 0 saturated carbocycles. The number of ether oxygens (including phenoxy) is 2. The SMILES string of the molecule is CC(C)(C)NS(=O)(=O)c1ccccc1NC(=O)COc1ccc(OCc2ccccc2)cc1. The van der Waals surface area contributed by atoms with Crippen LogP contribution in [-0.2, 0) is 21.4 Å². The van der Waals surface area contributed by atoms with Crippen molar-refractivity contribution in [3.63, 3.8) is 0 Å². The fourth-order valence-electron chi connectivity index (χ4n) is 2.97. The number of anilines is 1. The van der Waals surface area contributed by atoms with Crippen LogP contribution in [0, 0.1) is 0 Å². The topological polar surface area (TPSA) is 93.7 Å². The summed E-state index contributed by atoms with van der Waals surface area (Å²) >= 11 is 0. The lowest BCUT2D eigenvalue weighted by atomic mass is 10.1. The monoisotopic (exact) mass is 468 g/mol. The molecule has 3 aromatic carbocycles. The first kappa shape index (κ1) is 24.3. The van der Waals surface area contributed by atoms with Crippen LogP contribution in [0.5, 0.6) is 11.5 Å². The lowest BCUT2D eigenvalue weighted by molar-refractivity contribution is -0.118. The first-order valence-corrected chi connectivity index (χ1v) is 11.9. The number of nitrogens with one attached hydrogen (secondary N) is 2. The summed E-state index contributed by atoms with van der Waals surface area (Å²) in [6.45, 7) is 5.42. The van der Waals surface area contributed by atoms with Crippen LogP contribution in [0.3, 0.4) is 0 Å². The molecule has 0 saturated heterocycles. The van der Waals surface area contributed by atoms with E-state index in [1.165, 1.54) is 12.1 Å². The van der Waals surface area contributed by atoms with Gasteiger partial charge in [0.15, 0.2) is 6.61 Å². The Bertz CT molecular complexity index is 1170. The van der Waals surface area contributed by atoms with Crippen LogP contribution in [0.4, 0.5) is 5.69 Å². The van der Waals surface area contributed by atoms with Gasteiger partial charge in [0.1, 0.15) is 23.0 Å². The van der Waals surface area contributed by atoms with Crippen LogP contribution < -0.4 is 19.5 Å². The van der Waals surface area contributed by atoms with Crippen LogP contribution >= 0.6 is 0 Å². The number of para-hydroxylation sites is 1. The summed E-state index contributed by atoms with van der Waals surface area (Å²) in [4.78, 5) is 12.4. The molecule has 1 amide bonds. The first-order chi connectivity index (χ1) is 15.6. The van der Waals surface area contributed by atoms with Crippen molar-refractivity contribution in [3.8, 4) is 11.5 Å². The molecule has 0 aliphatic rings. The number of sulfonamides is 1. The molecule has 8 heteroatoms. The quantitative estimate of drug-likeness (QED) is 0.487. The Morgan fingerprint density at radius 2 is 1.39 bits per heavy atom. The summed E-state index contributed by atoms with van der Waals surface area (Å²) in [7, 11) is -3.81. The van der Waals surface area contributed by atoms with Crippen molar-refractivity contribution < 1.29 is 22.7 Å². The van der Waals surface area contributed by atoms with Gasteiger partial charge in [-0.2, -0.15) is 0 Å². The van der Waals surface area contributed by atoms with Gasteiger partial charge >= 0.3 is 0 Å². The highest BCUT2D eigenvalue weighted by molar-refractivity contribution is 7.89. The molecule has 0 fully saturated rings. The van der Waals surface area contributed by atoms with E-state index in [1.54, 1.807) is 57.2 Å². The van der Waals surface area contributed by atoms with E-state index in [4.69, 9.17) is 9.47 Å². The Hall–Kier alpha value is -3.36. The minimum atomic E-state index is -3.81. The fourth-order valence-corrected chi connectivity index (χ4v) is 4.55. The Kier molecular flexibility index (Phi) is 7.73. The third-order valence-corrected chi connectivity index (χ3v) is 6.15. The largest absolute Gasteiger partial charge is 0.489 e. The minimum Gasteiger partial charge on any atom is -0.489 e. The molecule has 33 heavy (non-hydrogen) atoms. The van der Waals surface area contributed by atoms with Gasteiger partial charge in [-0.05, 0) is 62.7 Å². The predicted molar refractivity (Wildman–Crippen MR) is 128 cm³/mol. The number of benzene rings is 3. The molecule has 0 aliphatic heterocycles. The van der Waals surface area contributed by atoms with Crippen LogP contribution in [0.1, 0.15) is 26.3 Å². The van der Waals surface area contributed by atoms with Crippen LogP contribution in [0.2, 0.25) is 0 Å². The van der Waals surface area contributed by atoms with Crippen molar-refractivity contribution in [2.75, 3.05) is 11.9 Å². The second kappa shape index (κ2) is 10.5. The third kappa shape index (κ3) is 7.62. The molecule has 3 rings (SSSR count). The number of hydrogen-bond donors (Lipinski definition) is 2. The molecular weight excluding hydrogens is 440 g/mol. The lowest BCUT2D eigenvalue weighted by Gasteiger charge is -2.21. The molecule has 3 aromatic rings. The molecule has 0 unspecified atom stereocenters. The van der Waals surface area contributed by atoms with Gasteiger partial charge in [-0.1, -0.05) is 42.5 Å². The van der Waals surface area contributed by atoms with Gasteiger partial charge in [-0.15, -0.1) is 0 Å². The van der Waals surface area contributed by atoms with Gasteiger partial charge in [-0.3, -0.25) is 4.79 Å². The molecular formula is C25H28N2O5S. The second-order valence-electron chi connectivity index (χ2n) is 8.43. The number of carbonyl (C=O) groups excluding carboxylic acids is 1. The van der Waals surface area contributed by atoms with Gasteiger partial charge in [-0.25, -0.2) is 13.1 Å². The Balaban J connectivity index is 1.56. The van der Waals surface area contributed by atoms with Crippen molar-refractivity contribution in [2.45, 2.75) is 37.8 Å². The maximum Gasteiger partial charge on any atom is 0.262 e. The fraction of sp³-hybridized carbons (Fsp3) is 0.240. The van der Waals surface area contributed by atoms with Crippen molar-refractivity contribution in [1.82, 2.24) is 4.72 Å². The second-order valence-corrected chi connectivity index (χ2v) is 10.1. The van der Waals surface area contributed by atoms with Gasteiger partial charge in [0.05, 0.1) is 5.69 Å². The van der Waals surface area contributed by atoms with Crippen molar-refractivity contribution in [1.29, 1.82) is 0 Å². The molecule has 0 atom stereocenters. The summed E-state index contributed by atoms with van der Waals surface area (Å²) in [6.07, 6.45) is 0. The summed E-state index contributed by atoms with van der Waals surface area (Å²) < 4.78 is 39.3. The van der Waals surface area contributed by atoms with E-state index in [2.05, 4.69) is 10.0 Å². The minimum absolute atomic E-state index is 0.00630. The zero-order valence-electron chi connectivity index (χ0n) is 18.9. The molecule has 7 nitrogen and oxygen atoms in total.